The van der Waals surface area contributed by atoms with Crippen molar-refractivity contribution in [2.45, 2.75) is 77.9 Å². The number of hydrogen-bond acceptors (Lipinski definition) is 6. The molecular formula is C26H42N2O5. The van der Waals surface area contributed by atoms with E-state index in [1.165, 1.54) is 12.8 Å². The first-order valence-corrected chi connectivity index (χ1v) is 12.2. The third-order valence-electron chi connectivity index (χ3n) is 6.00. The Morgan fingerprint density at radius 2 is 1.88 bits per heavy atom. The summed E-state index contributed by atoms with van der Waals surface area (Å²) in [7, 11) is 0. The molecule has 1 aromatic rings. The van der Waals surface area contributed by atoms with Crippen LogP contribution < -0.4 is 15.4 Å². The van der Waals surface area contributed by atoms with Crippen LogP contribution >= 0.6 is 0 Å². The number of para-hydroxylation sites is 1. The molecule has 0 spiro atoms. The van der Waals surface area contributed by atoms with Crippen molar-refractivity contribution < 1.29 is 24.2 Å². The van der Waals surface area contributed by atoms with E-state index in [9.17, 15) is 14.7 Å². The third kappa shape index (κ3) is 10.6. The highest BCUT2D eigenvalue weighted by molar-refractivity contribution is 5.77. The summed E-state index contributed by atoms with van der Waals surface area (Å²) in [6, 6.07) is 7.58. The Kier molecular flexibility index (Phi) is 11.1. The standard InChI is InChI=1S/C26H42N2O5/c1-19(2)25(31)27-18-26(3,4)28-15-22(29)17-32-23-12-8-7-11-21(23)13-14-24(30)33-16-20-9-5-6-10-20/h7-8,11-12,19-20,22,28-29H,5-6,9-10,13-18H2,1-4H3,(H,27,31). The van der Waals surface area contributed by atoms with Gasteiger partial charge in [-0.25, -0.2) is 0 Å². The number of ether oxygens (including phenoxy) is 2. The van der Waals surface area contributed by atoms with Crippen molar-refractivity contribution in [1.82, 2.24) is 10.6 Å². The molecule has 0 aromatic heterocycles. The van der Waals surface area contributed by atoms with Crippen LogP contribution in [0.3, 0.4) is 0 Å². The van der Waals surface area contributed by atoms with E-state index in [-0.39, 0.29) is 29.9 Å². The molecule has 0 bridgehead atoms. The van der Waals surface area contributed by atoms with E-state index < -0.39 is 6.10 Å². The molecular weight excluding hydrogens is 420 g/mol. The molecule has 7 heteroatoms. The monoisotopic (exact) mass is 462 g/mol. The zero-order valence-corrected chi connectivity index (χ0v) is 20.7. The van der Waals surface area contributed by atoms with E-state index in [0.717, 1.165) is 18.4 Å². The number of β-amino-alcohol motifs (C(OH)–C–C–N with tert-alkyl or cyclic N) is 1. The van der Waals surface area contributed by atoms with Gasteiger partial charge in [-0.2, -0.15) is 0 Å². The van der Waals surface area contributed by atoms with Crippen LogP contribution in [0, 0.1) is 11.8 Å². The van der Waals surface area contributed by atoms with Crippen LogP contribution in [0.4, 0.5) is 0 Å². The number of aliphatic hydroxyl groups excluding tert-OH is 1. The number of rotatable bonds is 14. The fraction of sp³-hybridized carbons (Fsp3) is 0.692. The summed E-state index contributed by atoms with van der Waals surface area (Å²) >= 11 is 0. The maximum atomic E-state index is 12.1. The first kappa shape index (κ1) is 27.1. The number of aryl methyl sites for hydroxylation is 1. The van der Waals surface area contributed by atoms with Gasteiger partial charge in [0.25, 0.3) is 0 Å². The molecule has 1 saturated carbocycles. The molecule has 1 aromatic carbocycles. The summed E-state index contributed by atoms with van der Waals surface area (Å²) in [5.41, 5.74) is 0.565. The minimum Gasteiger partial charge on any atom is -0.491 e. The molecule has 0 saturated heterocycles. The third-order valence-corrected chi connectivity index (χ3v) is 6.00. The molecule has 1 aliphatic rings. The van der Waals surface area contributed by atoms with Crippen LogP contribution in [-0.2, 0) is 20.7 Å². The molecule has 3 N–H and O–H groups in total. The minimum absolute atomic E-state index is 0.00721. The number of esters is 1. The second-order valence-electron chi connectivity index (χ2n) is 10.0. The molecule has 1 amide bonds. The first-order valence-electron chi connectivity index (χ1n) is 12.2. The predicted molar refractivity (Wildman–Crippen MR) is 129 cm³/mol. The number of nitrogens with one attached hydrogen (secondary N) is 2. The molecule has 1 aliphatic carbocycles. The number of carbonyl (C=O) groups excluding carboxylic acids is 2. The number of hydrogen-bond donors (Lipinski definition) is 3. The quantitative estimate of drug-likeness (QED) is 0.367. The normalized spacial score (nSPS) is 15.5. The van der Waals surface area contributed by atoms with Gasteiger partial charge < -0.3 is 25.2 Å². The van der Waals surface area contributed by atoms with Gasteiger partial charge in [-0.15, -0.1) is 0 Å². The van der Waals surface area contributed by atoms with Crippen molar-refractivity contribution >= 4 is 11.9 Å². The van der Waals surface area contributed by atoms with Gasteiger partial charge in [0.1, 0.15) is 18.5 Å². The van der Waals surface area contributed by atoms with Gasteiger partial charge >= 0.3 is 5.97 Å². The maximum absolute atomic E-state index is 12.1. The Morgan fingerprint density at radius 1 is 1.18 bits per heavy atom. The zero-order chi connectivity index (χ0) is 24.3. The van der Waals surface area contributed by atoms with Crippen molar-refractivity contribution in [2.24, 2.45) is 11.8 Å². The van der Waals surface area contributed by atoms with Crippen LogP contribution in [-0.4, -0.2) is 54.9 Å². The van der Waals surface area contributed by atoms with Gasteiger partial charge in [-0.1, -0.05) is 44.9 Å². The lowest BCUT2D eigenvalue weighted by Gasteiger charge is -2.28. The summed E-state index contributed by atoms with van der Waals surface area (Å²) in [6.45, 7) is 9.13. The molecule has 2 rings (SSSR count). The van der Waals surface area contributed by atoms with Crippen LogP contribution in [0.5, 0.6) is 5.75 Å². The smallest absolute Gasteiger partial charge is 0.306 e. The van der Waals surface area contributed by atoms with Gasteiger partial charge in [0.2, 0.25) is 5.91 Å². The van der Waals surface area contributed by atoms with Crippen LogP contribution in [0.15, 0.2) is 24.3 Å². The van der Waals surface area contributed by atoms with Crippen molar-refractivity contribution in [2.75, 3.05) is 26.3 Å². The van der Waals surface area contributed by atoms with Gasteiger partial charge in [-0.3, -0.25) is 9.59 Å². The van der Waals surface area contributed by atoms with E-state index in [4.69, 9.17) is 9.47 Å². The zero-order valence-electron chi connectivity index (χ0n) is 20.7. The molecule has 1 atom stereocenters. The van der Waals surface area contributed by atoms with Gasteiger partial charge in [0, 0.05) is 31.0 Å². The van der Waals surface area contributed by atoms with Crippen molar-refractivity contribution in [3.63, 3.8) is 0 Å². The minimum atomic E-state index is -0.713. The van der Waals surface area contributed by atoms with Crippen molar-refractivity contribution in [3.05, 3.63) is 29.8 Å². The summed E-state index contributed by atoms with van der Waals surface area (Å²) < 4.78 is 11.3. The maximum Gasteiger partial charge on any atom is 0.306 e. The number of carbonyl (C=O) groups is 2. The summed E-state index contributed by atoms with van der Waals surface area (Å²) in [4.78, 5) is 23.9. The van der Waals surface area contributed by atoms with Gasteiger partial charge in [-0.05, 0) is 50.7 Å². The van der Waals surface area contributed by atoms with Crippen LogP contribution in [0.25, 0.3) is 0 Å². The highest BCUT2D eigenvalue weighted by Crippen LogP contribution is 2.25. The van der Waals surface area contributed by atoms with Gasteiger partial charge in [0.15, 0.2) is 0 Å². The number of benzene rings is 1. The number of aliphatic hydroxyl groups is 1. The van der Waals surface area contributed by atoms with Crippen LogP contribution in [0.2, 0.25) is 0 Å². The van der Waals surface area contributed by atoms with Crippen molar-refractivity contribution in [1.29, 1.82) is 0 Å². The van der Waals surface area contributed by atoms with Crippen molar-refractivity contribution in [3.8, 4) is 5.75 Å². The van der Waals surface area contributed by atoms with E-state index in [2.05, 4.69) is 10.6 Å². The molecule has 1 unspecified atom stereocenters. The van der Waals surface area contributed by atoms with Gasteiger partial charge in [0.05, 0.1) is 6.61 Å². The summed E-state index contributed by atoms with van der Waals surface area (Å²) in [5.74, 6) is 0.967. The summed E-state index contributed by atoms with van der Waals surface area (Å²) in [5, 5.41) is 16.6. The number of amides is 1. The van der Waals surface area contributed by atoms with E-state index in [0.29, 0.717) is 44.2 Å². The van der Waals surface area contributed by atoms with Crippen LogP contribution in [0.1, 0.15) is 65.4 Å². The largest absolute Gasteiger partial charge is 0.491 e. The first-order chi connectivity index (χ1) is 15.7. The molecule has 1 fully saturated rings. The van der Waals surface area contributed by atoms with E-state index >= 15 is 0 Å². The molecule has 33 heavy (non-hydrogen) atoms. The summed E-state index contributed by atoms with van der Waals surface area (Å²) in [6.07, 6.45) is 4.93. The topological polar surface area (TPSA) is 96.9 Å². The van der Waals surface area contributed by atoms with E-state index in [1.54, 1.807) is 0 Å². The molecule has 0 radical (unpaired) electrons. The highest BCUT2D eigenvalue weighted by Gasteiger charge is 2.21. The Labute approximate surface area is 198 Å². The second kappa shape index (κ2) is 13.6. The lowest BCUT2D eigenvalue weighted by molar-refractivity contribution is -0.144. The molecule has 186 valence electrons. The average molecular weight is 463 g/mol. The lowest BCUT2D eigenvalue weighted by atomic mass is 10.0. The Hall–Kier alpha value is -2.12. The molecule has 7 nitrogen and oxygen atoms in total. The Balaban J connectivity index is 1.72. The van der Waals surface area contributed by atoms with E-state index in [1.807, 2.05) is 52.0 Å². The highest BCUT2D eigenvalue weighted by atomic mass is 16.5. The predicted octanol–water partition coefficient (Wildman–Crippen LogP) is 3.23. The fourth-order valence-electron chi connectivity index (χ4n) is 3.76. The SMILES string of the molecule is CC(C)C(=O)NCC(C)(C)NCC(O)COc1ccccc1CCC(=O)OCC1CCCC1. The Bertz CT molecular complexity index is 744. The molecule has 0 heterocycles. The fourth-order valence-corrected chi connectivity index (χ4v) is 3.76. The Morgan fingerprint density at radius 3 is 2.58 bits per heavy atom. The molecule has 0 aliphatic heterocycles. The average Bonchev–Trinajstić information content (AvgIpc) is 3.31. The second-order valence-corrected chi connectivity index (χ2v) is 10.0. The lowest BCUT2D eigenvalue weighted by Crippen LogP contribution is -2.52.